The maximum Gasteiger partial charge on any atom is 0.0914 e. The minimum Gasteiger partial charge on any atom is -0.472 e. The van der Waals surface area contributed by atoms with Gasteiger partial charge >= 0.3 is 0 Å². The molecule has 2 atom stereocenters. The fourth-order valence-electron chi connectivity index (χ4n) is 2.99. The van der Waals surface area contributed by atoms with E-state index in [1.807, 2.05) is 0 Å². The van der Waals surface area contributed by atoms with Gasteiger partial charge in [0.15, 0.2) is 0 Å². The number of likely N-dealkylation sites (tertiary alicyclic amines) is 1. The second-order valence-electron chi connectivity index (χ2n) is 5.68. The maximum atomic E-state index is 9.55. The van der Waals surface area contributed by atoms with Crippen LogP contribution in [0, 0.1) is 13.0 Å². The highest BCUT2D eigenvalue weighted by Crippen LogP contribution is 2.20. The van der Waals surface area contributed by atoms with Gasteiger partial charge in [-0.2, -0.15) is 7.05 Å². The van der Waals surface area contributed by atoms with E-state index in [0.29, 0.717) is 12.0 Å². The van der Waals surface area contributed by atoms with Crippen molar-refractivity contribution in [3.8, 4) is 0 Å². The molecule has 19 heavy (non-hydrogen) atoms. The van der Waals surface area contributed by atoms with Crippen LogP contribution in [0.15, 0.2) is 30.3 Å². The molecule has 1 aromatic rings. The number of aliphatic hydroxyl groups excluding tert-OH is 1. The molecule has 0 amide bonds. The average Bonchev–Trinajstić information content (AvgIpc) is 2.43. The zero-order valence-electron chi connectivity index (χ0n) is 11.8. The first-order valence-electron chi connectivity index (χ1n) is 7.28. The summed E-state index contributed by atoms with van der Waals surface area (Å²) in [5.74, 6) is 0.551. The molecule has 1 aliphatic rings. The van der Waals surface area contributed by atoms with Crippen LogP contribution in [0.2, 0.25) is 0 Å². The Labute approximate surface area is 116 Å². The number of piperidine rings is 1. The van der Waals surface area contributed by atoms with Gasteiger partial charge in [-0.15, -0.1) is 0 Å². The Hall–Kier alpha value is -0.900. The monoisotopic (exact) mass is 262 g/mol. The van der Waals surface area contributed by atoms with Crippen molar-refractivity contribution < 1.29 is 10.4 Å². The van der Waals surface area contributed by atoms with E-state index >= 15 is 0 Å². The smallest absolute Gasteiger partial charge is 0.0914 e. The molecule has 0 aromatic heterocycles. The van der Waals surface area contributed by atoms with Gasteiger partial charge in [-0.1, -0.05) is 37.3 Å². The summed E-state index contributed by atoms with van der Waals surface area (Å²) < 4.78 is 0. The van der Waals surface area contributed by atoms with Crippen molar-refractivity contribution in [1.82, 2.24) is 4.90 Å². The van der Waals surface area contributed by atoms with Crippen LogP contribution in [0.5, 0.6) is 0 Å². The Morgan fingerprint density at radius 3 is 2.53 bits per heavy atom. The molecule has 0 aliphatic carbocycles. The number of nitrogens with zero attached hydrogens (tertiary/aromatic N) is 1. The summed E-state index contributed by atoms with van der Waals surface area (Å²) in [6.45, 7) is 5.41. The zero-order valence-corrected chi connectivity index (χ0v) is 11.8. The molecular formula is C16H26N2O. The van der Waals surface area contributed by atoms with Crippen molar-refractivity contribution in [3.05, 3.63) is 42.9 Å². The summed E-state index contributed by atoms with van der Waals surface area (Å²) in [5, 5.41) is 11.6. The lowest BCUT2D eigenvalue weighted by molar-refractivity contribution is -0.648. The van der Waals surface area contributed by atoms with Crippen LogP contribution in [0.4, 0.5) is 0 Å². The average molecular weight is 262 g/mol. The third kappa shape index (κ3) is 4.03. The molecule has 106 valence electrons. The molecule has 1 saturated heterocycles. The molecule has 3 nitrogen and oxygen atoms in total. The van der Waals surface area contributed by atoms with Gasteiger partial charge in [0.25, 0.3) is 0 Å². The van der Waals surface area contributed by atoms with Crippen LogP contribution < -0.4 is 5.32 Å². The number of hydrogen-bond donors (Lipinski definition) is 2. The van der Waals surface area contributed by atoms with Gasteiger partial charge in [-0.25, -0.2) is 0 Å². The Morgan fingerprint density at radius 1 is 1.32 bits per heavy atom. The van der Waals surface area contributed by atoms with Crippen LogP contribution >= 0.6 is 0 Å². The highest BCUT2D eigenvalue weighted by Gasteiger charge is 2.24. The molecule has 0 unspecified atom stereocenters. The fraction of sp³-hybridized carbons (Fsp3) is 0.562. The first kappa shape index (κ1) is 14.5. The number of benzene rings is 1. The molecular weight excluding hydrogens is 236 g/mol. The summed E-state index contributed by atoms with van der Waals surface area (Å²) in [6, 6.07) is 11.0. The third-order valence-corrected chi connectivity index (χ3v) is 4.15. The quantitative estimate of drug-likeness (QED) is 0.782. The molecule has 1 fully saturated rings. The van der Waals surface area contributed by atoms with E-state index in [-0.39, 0.29) is 6.10 Å². The van der Waals surface area contributed by atoms with E-state index in [1.54, 1.807) is 0 Å². The SMILES string of the molecule is [CH2-][NH2+][C@@H](c1ccccc1)[C@@H](C)CN1CCC(O)CC1. The highest BCUT2D eigenvalue weighted by molar-refractivity contribution is 5.17. The summed E-state index contributed by atoms with van der Waals surface area (Å²) in [4.78, 5) is 2.47. The predicted molar refractivity (Wildman–Crippen MR) is 77.3 cm³/mol. The number of nitrogens with two attached hydrogens (primary N) is 1. The van der Waals surface area contributed by atoms with Gasteiger partial charge < -0.3 is 15.3 Å². The Kier molecular flexibility index (Phi) is 5.37. The second-order valence-corrected chi connectivity index (χ2v) is 5.68. The van der Waals surface area contributed by atoms with E-state index in [1.165, 1.54) is 5.56 Å². The van der Waals surface area contributed by atoms with E-state index in [4.69, 9.17) is 0 Å². The van der Waals surface area contributed by atoms with E-state index in [9.17, 15) is 5.11 Å². The predicted octanol–water partition coefficient (Wildman–Crippen LogP) is 1.18. The van der Waals surface area contributed by atoms with Crippen molar-refractivity contribution in [2.24, 2.45) is 5.92 Å². The summed E-state index contributed by atoms with van der Waals surface area (Å²) in [7, 11) is 4.01. The Bertz CT molecular complexity index is 360. The lowest BCUT2D eigenvalue weighted by Crippen LogP contribution is -2.80. The Morgan fingerprint density at radius 2 is 1.95 bits per heavy atom. The highest BCUT2D eigenvalue weighted by atomic mass is 16.3. The Balaban J connectivity index is 1.92. The van der Waals surface area contributed by atoms with Crippen LogP contribution in [-0.2, 0) is 0 Å². The molecule has 0 saturated carbocycles. The van der Waals surface area contributed by atoms with Gasteiger partial charge in [0, 0.05) is 31.1 Å². The van der Waals surface area contributed by atoms with Crippen molar-refractivity contribution in [3.63, 3.8) is 0 Å². The molecule has 0 spiro atoms. The lowest BCUT2D eigenvalue weighted by atomic mass is 9.93. The number of rotatable bonds is 5. The number of aliphatic hydroxyl groups is 1. The lowest BCUT2D eigenvalue weighted by Gasteiger charge is -2.33. The first-order valence-corrected chi connectivity index (χ1v) is 7.28. The van der Waals surface area contributed by atoms with Crippen LogP contribution in [-0.4, -0.2) is 35.7 Å². The minimum absolute atomic E-state index is 0.0871. The molecule has 0 bridgehead atoms. The van der Waals surface area contributed by atoms with Crippen molar-refractivity contribution in [2.75, 3.05) is 19.6 Å². The van der Waals surface area contributed by atoms with Crippen LogP contribution in [0.25, 0.3) is 0 Å². The molecule has 3 N–H and O–H groups in total. The molecule has 0 radical (unpaired) electrons. The van der Waals surface area contributed by atoms with Gasteiger partial charge in [-0.3, -0.25) is 0 Å². The molecule has 1 aromatic carbocycles. The van der Waals surface area contributed by atoms with E-state index < -0.39 is 0 Å². The summed E-state index contributed by atoms with van der Waals surface area (Å²) in [5.41, 5.74) is 1.35. The minimum atomic E-state index is -0.0871. The van der Waals surface area contributed by atoms with Gasteiger partial charge in [-0.05, 0) is 12.8 Å². The maximum absolute atomic E-state index is 9.55. The van der Waals surface area contributed by atoms with E-state index in [0.717, 1.165) is 32.5 Å². The van der Waals surface area contributed by atoms with Crippen molar-refractivity contribution >= 4 is 0 Å². The van der Waals surface area contributed by atoms with Gasteiger partial charge in [0.2, 0.25) is 0 Å². The van der Waals surface area contributed by atoms with E-state index in [2.05, 4.69) is 54.5 Å². The van der Waals surface area contributed by atoms with Crippen LogP contribution in [0.1, 0.15) is 31.4 Å². The summed E-state index contributed by atoms with van der Waals surface area (Å²) in [6.07, 6.45) is 1.74. The second kappa shape index (κ2) is 7.04. The zero-order chi connectivity index (χ0) is 13.7. The van der Waals surface area contributed by atoms with Crippen LogP contribution in [0.3, 0.4) is 0 Å². The largest absolute Gasteiger partial charge is 0.472 e. The molecule has 1 aliphatic heterocycles. The third-order valence-electron chi connectivity index (χ3n) is 4.15. The molecule has 3 heteroatoms. The summed E-state index contributed by atoms with van der Waals surface area (Å²) >= 11 is 0. The molecule has 1 heterocycles. The number of quaternary nitrogens is 1. The topological polar surface area (TPSA) is 40.1 Å². The van der Waals surface area contributed by atoms with Crippen molar-refractivity contribution in [2.45, 2.75) is 31.9 Å². The van der Waals surface area contributed by atoms with Crippen molar-refractivity contribution in [1.29, 1.82) is 0 Å². The first-order chi connectivity index (χ1) is 9.20. The van der Waals surface area contributed by atoms with Gasteiger partial charge in [0.05, 0.1) is 12.1 Å². The fourth-order valence-corrected chi connectivity index (χ4v) is 2.99. The number of hydrogen-bond acceptors (Lipinski definition) is 2. The molecule has 2 rings (SSSR count). The standard InChI is InChI=1S/C16H26N2O/c1-13(12-18-10-8-15(19)9-11-18)16(17-2)14-6-4-3-5-7-14/h3-7,13,15-16,19H,2,8-12,17H2,1H3/t13-,16+/m0/s1. The normalized spacial score (nSPS) is 21.2. The van der Waals surface area contributed by atoms with Gasteiger partial charge in [0.1, 0.15) is 0 Å².